The first-order valence-corrected chi connectivity index (χ1v) is 18.4. The van der Waals surface area contributed by atoms with E-state index < -0.39 is 11.6 Å². The molecule has 4 aromatic rings. The molecule has 9 nitrogen and oxygen atoms in total. The van der Waals surface area contributed by atoms with Crippen LogP contribution in [0.1, 0.15) is 70.8 Å². The van der Waals surface area contributed by atoms with Gasteiger partial charge in [0.05, 0.1) is 11.7 Å². The van der Waals surface area contributed by atoms with E-state index in [4.69, 9.17) is 4.74 Å². The molecule has 5 rings (SSSR count). The number of nitrogens with zero attached hydrogens (tertiary/aromatic N) is 6. The van der Waals surface area contributed by atoms with Crippen molar-refractivity contribution < 1.29 is 35.0 Å². The Hall–Kier alpha value is -2.81. The number of nitrogens with one attached hydrogen (secondary N) is 2. The Morgan fingerprint density at radius 3 is 2.69 bits per heavy atom. The van der Waals surface area contributed by atoms with Crippen molar-refractivity contribution in [1.29, 1.82) is 0 Å². The SMILES string of the molecule is CCCCC[I-]NCC[C@]1(C)CN(Cc2ccc(Nc3ncc(F)c(-c4cc(F)c5nc(C)n(C(C)C)c5c4)n3)nc2)CCO1. The Labute approximate surface area is 275 Å². The number of alkyl halides is 1. The van der Waals surface area contributed by atoms with Crippen molar-refractivity contribution in [2.75, 3.05) is 36.0 Å². The molecule has 0 bridgehead atoms. The van der Waals surface area contributed by atoms with Gasteiger partial charge in [-0.3, -0.25) is 0 Å². The molecule has 2 N–H and O–H groups in total. The van der Waals surface area contributed by atoms with E-state index >= 15 is 4.39 Å². The van der Waals surface area contributed by atoms with E-state index in [0.29, 0.717) is 22.7 Å². The van der Waals surface area contributed by atoms with Crippen LogP contribution < -0.4 is 30.3 Å². The minimum atomic E-state index is -0.642. The topological polar surface area (TPSA) is 93.0 Å². The van der Waals surface area contributed by atoms with Crippen LogP contribution in [-0.4, -0.2) is 65.7 Å². The van der Waals surface area contributed by atoms with E-state index in [1.165, 1.54) is 29.8 Å². The minimum absolute atomic E-state index is 0.00277. The second-order valence-electron chi connectivity index (χ2n) is 12.2. The first-order chi connectivity index (χ1) is 21.7. The quantitative estimate of drug-likeness (QED) is 0.0881. The van der Waals surface area contributed by atoms with Crippen molar-refractivity contribution in [2.24, 2.45) is 0 Å². The third-order valence-electron chi connectivity index (χ3n) is 8.02. The summed E-state index contributed by atoms with van der Waals surface area (Å²) < 4.78 is 43.1. The molecule has 45 heavy (non-hydrogen) atoms. The molecule has 3 aromatic heterocycles. The van der Waals surface area contributed by atoms with Gasteiger partial charge in [-0.15, -0.1) is 0 Å². The number of hydrogen-bond acceptors (Lipinski definition) is 8. The molecule has 244 valence electrons. The van der Waals surface area contributed by atoms with Gasteiger partial charge in [0.1, 0.15) is 17.0 Å². The fourth-order valence-electron chi connectivity index (χ4n) is 5.81. The maximum absolute atomic E-state index is 15.1. The Morgan fingerprint density at radius 1 is 1.09 bits per heavy atom. The summed E-state index contributed by atoms with van der Waals surface area (Å²) >= 11 is 0.0805. The zero-order chi connectivity index (χ0) is 32.0. The maximum atomic E-state index is 15.1. The molecule has 1 saturated heterocycles. The number of rotatable bonds is 14. The molecule has 0 spiro atoms. The normalized spacial score (nSPS) is 17.5. The summed E-state index contributed by atoms with van der Waals surface area (Å²) in [6, 6.07) is 6.94. The number of aryl methyl sites for hydroxylation is 1. The third-order valence-corrected chi connectivity index (χ3v) is 10.4. The van der Waals surface area contributed by atoms with Gasteiger partial charge in [-0.25, -0.2) is 23.7 Å². The number of anilines is 2. The van der Waals surface area contributed by atoms with Gasteiger partial charge in [0.25, 0.3) is 0 Å². The summed E-state index contributed by atoms with van der Waals surface area (Å²) in [6.07, 6.45) is 7.86. The van der Waals surface area contributed by atoms with Crippen LogP contribution in [0.3, 0.4) is 0 Å². The van der Waals surface area contributed by atoms with Crippen molar-refractivity contribution in [1.82, 2.24) is 32.9 Å². The summed E-state index contributed by atoms with van der Waals surface area (Å²) in [7, 11) is 0. The molecule has 1 aliphatic heterocycles. The predicted molar refractivity (Wildman–Crippen MR) is 170 cm³/mol. The van der Waals surface area contributed by atoms with E-state index in [1.807, 2.05) is 43.7 Å². The van der Waals surface area contributed by atoms with Gasteiger partial charge in [0.2, 0.25) is 5.95 Å². The number of ether oxygens (including phenoxy) is 1. The van der Waals surface area contributed by atoms with Gasteiger partial charge in [-0.05, 0) is 32.9 Å². The number of unbranched alkanes of at least 4 members (excludes halogenated alkanes) is 2. The Morgan fingerprint density at radius 2 is 1.93 bits per heavy atom. The molecule has 1 atom stereocenters. The van der Waals surface area contributed by atoms with E-state index in [2.05, 4.69) is 47.5 Å². The van der Waals surface area contributed by atoms with Crippen molar-refractivity contribution in [3.05, 3.63) is 59.7 Å². The molecule has 0 aliphatic carbocycles. The number of hydrogen-bond donors (Lipinski definition) is 2. The predicted octanol–water partition coefficient (Wildman–Crippen LogP) is 3.56. The van der Waals surface area contributed by atoms with Gasteiger partial charge >= 0.3 is 157 Å². The Balaban J connectivity index is 1.21. The first kappa shape index (κ1) is 33.6. The van der Waals surface area contributed by atoms with Crippen LogP contribution in [-0.2, 0) is 11.3 Å². The molecule has 1 fully saturated rings. The van der Waals surface area contributed by atoms with Gasteiger partial charge in [-0.2, -0.15) is 0 Å². The molecule has 12 heteroatoms. The summed E-state index contributed by atoms with van der Waals surface area (Å²) in [5.41, 5.74) is 2.10. The van der Waals surface area contributed by atoms with Crippen molar-refractivity contribution in [2.45, 2.75) is 78.5 Å². The average molecular weight is 734 g/mol. The number of aromatic nitrogens is 5. The molecule has 4 heterocycles. The van der Waals surface area contributed by atoms with Gasteiger partial charge < -0.3 is 4.57 Å². The summed E-state index contributed by atoms with van der Waals surface area (Å²) in [4.78, 5) is 19.8. The molecule has 0 radical (unpaired) electrons. The van der Waals surface area contributed by atoms with Crippen molar-refractivity contribution >= 4 is 22.8 Å². The van der Waals surface area contributed by atoms with Gasteiger partial charge in [-0.1, -0.05) is 0 Å². The molecule has 1 aromatic carbocycles. The monoisotopic (exact) mass is 733 g/mol. The Bertz CT molecular complexity index is 1580. The summed E-state index contributed by atoms with van der Waals surface area (Å²) in [5, 5.41) is 3.07. The van der Waals surface area contributed by atoms with E-state index in [0.717, 1.165) is 51.0 Å². The Kier molecular flexibility index (Phi) is 11.3. The van der Waals surface area contributed by atoms with Crippen LogP contribution in [0, 0.1) is 18.6 Å². The second kappa shape index (κ2) is 15.2. The third kappa shape index (κ3) is 8.52. The van der Waals surface area contributed by atoms with Gasteiger partial charge in [0.15, 0.2) is 11.6 Å². The molecular formula is C33H44F2IN8O-. The molecule has 1 aliphatic rings. The summed E-state index contributed by atoms with van der Waals surface area (Å²) in [5.74, 6) is 0.237. The molecule has 0 amide bonds. The fraction of sp³-hybridized carbons (Fsp3) is 0.515. The van der Waals surface area contributed by atoms with E-state index in [1.54, 1.807) is 6.07 Å². The number of imidazole rings is 1. The van der Waals surface area contributed by atoms with Crippen molar-refractivity contribution in [3.63, 3.8) is 0 Å². The van der Waals surface area contributed by atoms with Crippen molar-refractivity contribution in [3.8, 4) is 11.3 Å². The van der Waals surface area contributed by atoms with Crippen LogP contribution in [0.2, 0.25) is 0 Å². The first-order valence-electron chi connectivity index (χ1n) is 15.8. The van der Waals surface area contributed by atoms with Crippen LogP contribution in [0.4, 0.5) is 20.5 Å². The van der Waals surface area contributed by atoms with Crippen LogP contribution in [0.15, 0.2) is 36.7 Å². The molecule has 0 unspecified atom stereocenters. The van der Waals surface area contributed by atoms with Crippen LogP contribution >= 0.6 is 0 Å². The van der Waals surface area contributed by atoms with Crippen LogP contribution in [0.25, 0.3) is 22.3 Å². The fourth-order valence-corrected chi connectivity index (χ4v) is 7.77. The van der Waals surface area contributed by atoms with E-state index in [9.17, 15) is 4.39 Å². The number of benzene rings is 1. The molecular weight excluding hydrogens is 689 g/mol. The standard InChI is InChI=1S/C33H44F2IN8O/c1-6-7-8-12-36-39-13-11-33(5)21-43(14-15-45-33)20-24-9-10-29(37-18-24)41-32-38-19-27(35)30(42-32)25-16-26(34)31-28(17-25)44(22(2)3)23(4)40-31/h9-10,16-19,22,39H,6-8,11-15,20-21H2,1-5H3,(H,37,38,41,42)/q-1/t33-/m1/s1. The second-order valence-corrected chi connectivity index (χ2v) is 14.8. The number of morpholine rings is 1. The molecule has 0 saturated carbocycles. The van der Waals surface area contributed by atoms with E-state index in [-0.39, 0.29) is 50.3 Å². The number of fused-ring (bicyclic) bond motifs is 1. The van der Waals surface area contributed by atoms with Gasteiger partial charge in [0, 0.05) is 11.6 Å². The summed E-state index contributed by atoms with van der Waals surface area (Å²) in [6.45, 7) is 14.5. The number of pyridine rings is 1. The zero-order valence-corrected chi connectivity index (χ0v) is 29.0. The van der Waals surface area contributed by atoms with Crippen LogP contribution in [0.5, 0.6) is 0 Å². The zero-order valence-electron chi connectivity index (χ0n) is 26.8. The average Bonchev–Trinajstić information content (AvgIpc) is 3.35. The number of halogens is 3.